The number of aliphatic hydroxyl groups excluding tert-OH is 1. The van der Waals surface area contributed by atoms with E-state index in [1.165, 1.54) is 0 Å². The minimum atomic E-state index is -0.342. The maximum Gasteiger partial charge on any atom is 0.245 e. The molecule has 0 aliphatic carbocycles. The van der Waals surface area contributed by atoms with E-state index in [0.717, 1.165) is 19.4 Å². The fraction of sp³-hybridized carbons (Fsp3) is 0.643. The van der Waals surface area contributed by atoms with Crippen LogP contribution < -0.4 is 0 Å². The fourth-order valence-corrected chi connectivity index (χ4v) is 2.74. The molecule has 18 heavy (non-hydrogen) atoms. The van der Waals surface area contributed by atoms with E-state index in [0.29, 0.717) is 6.42 Å². The number of carbonyl (C=O) groups excluding carboxylic acids is 1. The van der Waals surface area contributed by atoms with Crippen molar-refractivity contribution in [3.63, 3.8) is 0 Å². The maximum absolute atomic E-state index is 12.5. The van der Waals surface area contributed by atoms with E-state index in [1.54, 1.807) is 6.92 Å². The number of aliphatic hydroxyl groups is 1. The summed E-state index contributed by atoms with van der Waals surface area (Å²) in [7, 11) is 0. The lowest BCUT2D eigenvalue weighted by Gasteiger charge is -2.28. The molecule has 2 heterocycles. The normalized spacial score (nSPS) is 23.1. The molecular formula is C14H22N2O2. The predicted octanol–water partition coefficient (Wildman–Crippen LogP) is 1.81. The lowest BCUT2D eigenvalue weighted by molar-refractivity contribution is -0.135. The molecule has 3 atom stereocenters. The molecule has 1 saturated heterocycles. The van der Waals surface area contributed by atoms with E-state index in [2.05, 4.69) is 0 Å². The van der Waals surface area contributed by atoms with Crippen LogP contribution in [0.1, 0.15) is 39.2 Å². The highest BCUT2D eigenvalue weighted by molar-refractivity contribution is 5.80. The highest BCUT2D eigenvalue weighted by atomic mass is 16.3. The van der Waals surface area contributed by atoms with Crippen molar-refractivity contribution >= 4 is 5.91 Å². The SMILES string of the molecule is CC(O)CC1CCCN1C(=O)C(C)n1cccc1. The number of hydrogen-bond donors (Lipinski definition) is 1. The average Bonchev–Trinajstić information content (AvgIpc) is 2.96. The Kier molecular flexibility index (Phi) is 4.07. The van der Waals surface area contributed by atoms with Crippen molar-refractivity contribution in [1.82, 2.24) is 9.47 Å². The van der Waals surface area contributed by atoms with Crippen molar-refractivity contribution < 1.29 is 9.90 Å². The van der Waals surface area contributed by atoms with Gasteiger partial charge in [0.2, 0.25) is 5.91 Å². The second kappa shape index (κ2) is 5.57. The molecule has 3 unspecified atom stereocenters. The Balaban J connectivity index is 2.03. The molecule has 1 aliphatic rings. The first-order valence-corrected chi connectivity index (χ1v) is 6.70. The molecule has 1 aromatic rings. The third-order valence-electron chi connectivity index (χ3n) is 3.71. The largest absolute Gasteiger partial charge is 0.393 e. The van der Waals surface area contributed by atoms with Crippen LogP contribution in [0.2, 0.25) is 0 Å². The highest BCUT2D eigenvalue weighted by Crippen LogP contribution is 2.24. The lowest BCUT2D eigenvalue weighted by atomic mass is 10.1. The van der Waals surface area contributed by atoms with Crippen molar-refractivity contribution in [2.75, 3.05) is 6.54 Å². The topological polar surface area (TPSA) is 45.5 Å². The molecule has 1 N–H and O–H groups in total. The first-order chi connectivity index (χ1) is 8.59. The van der Waals surface area contributed by atoms with Crippen molar-refractivity contribution in [2.24, 2.45) is 0 Å². The van der Waals surface area contributed by atoms with Crippen LogP contribution in [0.25, 0.3) is 0 Å². The number of amides is 1. The van der Waals surface area contributed by atoms with Gasteiger partial charge >= 0.3 is 0 Å². The third kappa shape index (κ3) is 2.75. The summed E-state index contributed by atoms with van der Waals surface area (Å²) in [6, 6.07) is 3.91. The molecule has 2 rings (SSSR count). The molecule has 100 valence electrons. The van der Waals surface area contributed by atoms with Crippen LogP contribution in [0.4, 0.5) is 0 Å². The van der Waals surface area contributed by atoms with E-state index in [4.69, 9.17) is 0 Å². The van der Waals surface area contributed by atoms with Gasteiger partial charge in [0.1, 0.15) is 6.04 Å². The smallest absolute Gasteiger partial charge is 0.245 e. The van der Waals surface area contributed by atoms with E-state index in [9.17, 15) is 9.90 Å². The molecule has 1 fully saturated rings. The number of nitrogens with zero attached hydrogens (tertiary/aromatic N) is 2. The highest BCUT2D eigenvalue weighted by Gasteiger charge is 2.32. The zero-order valence-electron chi connectivity index (χ0n) is 11.1. The minimum Gasteiger partial charge on any atom is -0.393 e. The molecule has 1 aromatic heterocycles. The monoisotopic (exact) mass is 250 g/mol. The number of aromatic nitrogens is 1. The van der Waals surface area contributed by atoms with E-state index in [1.807, 2.05) is 40.9 Å². The van der Waals surface area contributed by atoms with Gasteiger partial charge in [-0.25, -0.2) is 0 Å². The van der Waals surface area contributed by atoms with Gasteiger partial charge in [0, 0.05) is 25.0 Å². The molecule has 0 spiro atoms. The van der Waals surface area contributed by atoms with Gasteiger partial charge in [0.05, 0.1) is 6.10 Å². The lowest BCUT2D eigenvalue weighted by Crippen LogP contribution is -2.40. The van der Waals surface area contributed by atoms with E-state index >= 15 is 0 Å². The second-order valence-corrected chi connectivity index (χ2v) is 5.22. The summed E-state index contributed by atoms with van der Waals surface area (Å²) in [6.07, 6.45) is 6.23. The standard InChI is InChI=1S/C14H22N2O2/c1-11(17)10-13-6-5-9-16(13)14(18)12(2)15-7-3-4-8-15/h3-4,7-8,11-13,17H,5-6,9-10H2,1-2H3. The first kappa shape index (κ1) is 13.1. The quantitative estimate of drug-likeness (QED) is 0.886. The minimum absolute atomic E-state index is 0.158. The van der Waals surface area contributed by atoms with Crippen molar-refractivity contribution in [1.29, 1.82) is 0 Å². The summed E-state index contributed by atoms with van der Waals surface area (Å²) < 4.78 is 1.93. The van der Waals surface area contributed by atoms with Gasteiger partial charge in [0.25, 0.3) is 0 Å². The summed E-state index contributed by atoms with van der Waals surface area (Å²) in [5, 5.41) is 9.49. The fourth-order valence-electron chi connectivity index (χ4n) is 2.74. The number of hydrogen-bond acceptors (Lipinski definition) is 2. The van der Waals surface area contributed by atoms with E-state index in [-0.39, 0.29) is 24.1 Å². The summed E-state index contributed by atoms with van der Waals surface area (Å²) in [5.41, 5.74) is 0. The van der Waals surface area contributed by atoms with E-state index < -0.39 is 0 Å². The first-order valence-electron chi connectivity index (χ1n) is 6.70. The maximum atomic E-state index is 12.5. The number of carbonyl (C=O) groups is 1. The number of rotatable bonds is 4. The third-order valence-corrected chi connectivity index (χ3v) is 3.71. The molecule has 0 aromatic carbocycles. The zero-order valence-corrected chi connectivity index (χ0v) is 11.1. The van der Waals surface area contributed by atoms with Crippen LogP contribution >= 0.6 is 0 Å². The van der Waals surface area contributed by atoms with Gasteiger partial charge in [-0.15, -0.1) is 0 Å². The summed E-state index contributed by atoms with van der Waals surface area (Å²) in [4.78, 5) is 14.4. The average molecular weight is 250 g/mol. The van der Waals surface area contributed by atoms with Gasteiger partial charge in [-0.2, -0.15) is 0 Å². The van der Waals surface area contributed by atoms with Crippen molar-refractivity contribution in [3.8, 4) is 0 Å². The summed E-state index contributed by atoms with van der Waals surface area (Å²) in [5.74, 6) is 0.161. The Labute approximate surface area is 108 Å². The van der Waals surface area contributed by atoms with Gasteiger partial charge in [-0.3, -0.25) is 4.79 Å². The van der Waals surface area contributed by atoms with Crippen LogP contribution in [0, 0.1) is 0 Å². The summed E-state index contributed by atoms with van der Waals surface area (Å²) in [6.45, 7) is 4.54. The van der Waals surface area contributed by atoms with Crippen molar-refractivity contribution in [3.05, 3.63) is 24.5 Å². The molecule has 0 radical (unpaired) electrons. The second-order valence-electron chi connectivity index (χ2n) is 5.22. The molecule has 1 aliphatic heterocycles. The van der Waals surface area contributed by atoms with Crippen LogP contribution in [0.5, 0.6) is 0 Å². The van der Waals surface area contributed by atoms with Crippen molar-refractivity contribution in [2.45, 2.75) is 51.3 Å². The Morgan fingerprint density at radius 2 is 2.06 bits per heavy atom. The Morgan fingerprint density at radius 1 is 1.39 bits per heavy atom. The van der Waals surface area contributed by atoms with Crippen LogP contribution in [-0.2, 0) is 4.79 Å². The zero-order chi connectivity index (χ0) is 13.1. The van der Waals surface area contributed by atoms with Gasteiger partial charge in [0.15, 0.2) is 0 Å². The Hall–Kier alpha value is -1.29. The number of likely N-dealkylation sites (tertiary alicyclic amines) is 1. The Bertz CT molecular complexity index is 387. The molecule has 1 amide bonds. The van der Waals surface area contributed by atoms with Crippen LogP contribution in [-0.4, -0.2) is 39.2 Å². The predicted molar refractivity (Wildman–Crippen MR) is 70.2 cm³/mol. The summed E-state index contributed by atoms with van der Waals surface area (Å²) >= 11 is 0. The molecule has 4 heteroatoms. The molecule has 0 saturated carbocycles. The Morgan fingerprint density at radius 3 is 2.67 bits per heavy atom. The van der Waals surface area contributed by atoms with Crippen LogP contribution in [0.3, 0.4) is 0 Å². The van der Waals surface area contributed by atoms with Crippen LogP contribution in [0.15, 0.2) is 24.5 Å². The molecular weight excluding hydrogens is 228 g/mol. The van der Waals surface area contributed by atoms with Gasteiger partial charge < -0.3 is 14.6 Å². The molecule has 4 nitrogen and oxygen atoms in total. The molecule has 0 bridgehead atoms. The van der Waals surface area contributed by atoms with Gasteiger partial charge in [-0.1, -0.05) is 0 Å². The van der Waals surface area contributed by atoms with Gasteiger partial charge in [-0.05, 0) is 45.2 Å².